The van der Waals surface area contributed by atoms with Crippen LogP contribution in [0.15, 0.2) is 23.0 Å². The third kappa shape index (κ3) is 4.24. The van der Waals surface area contributed by atoms with Crippen molar-refractivity contribution in [2.24, 2.45) is 0 Å². The SMILES string of the molecule is O=C(O)O.O=C1CC(Oc2ccoc2)C(=O)N1. The number of ether oxygens (including phenoxy) is 1. The number of carboxylic acid groups (broad SMARTS) is 2. The molecule has 1 fully saturated rings. The fourth-order valence-corrected chi connectivity index (χ4v) is 1.11. The Hall–Kier alpha value is -2.51. The standard InChI is InChI=1S/C8H7NO4.CH2O3/c10-7-3-6(8(11)9-7)13-5-1-2-12-4-5;2-1(3)4/h1-2,4,6H,3H2,(H,9,10,11);(H2,2,3,4). The quantitative estimate of drug-likeness (QED) is 0.637. The van der Waals surface area contributed by atoms with Crippen molar-refractivity contribution in [2.75, 3.05) is 0 Å². The van der Waals surface area contributed by atoms with Crippen LogP contribution in [0.25, 0.3) is 0 Å². The van der Waals surface area contributed by atoms with Gasteiger partial charge in [0.25, 0.3) is 5.91 Å². The molecule has 1 aromatic rings. The van der Waals surface area contributed by atoms with E-state index in [0.29, 0.717) is 5.75 Å². The van der Waals surface area contributed by atoms with Gasteiger partial charge in [0.15, 0.2) is 11.9 Å². The van der Waals surface area contributed by atoms with Gasteiger partial charge in [-0.2, -0.15) is 0 Å². The second-order valence-corrected chi connectivity index (χ2v) is 2.96. The first-order chi connectivity index (χ1) is 7.99. The number of amides is 2. The highest BCUT2D eigenvalue weighted by atomic mass is 16.6. The molecule has 92 valence electrons. The van der Waals surface area contributed by atoms with Gasteiger partial charge >= 0.3 is 6.16 Å². The van der Waals surface area contributed by atoms with Crippen LogP contribution in [0, 0.1) is 0 Å². The van der Waals surface area contributed by atoms with E-state index in [-0.39, 0.29) is 12.3 Å². The molecule has 1 saturated heterocycles. The number of carbonyl (C=O) groups excluding carboxylic acids is 2. The Morgan fingerprint density at radius 1 is 1.47 bits per heavy atom. The number of hydrogen-bond donors (Lipinski definition) is 3. The van der Waals surface area contributed by atoms with Gasteiger partial charge in [-0.1, -0.05) is 0 Å². The van der Waals surface area contributed by atoms with Gasteiger partial charge < -0.3 is 19.4 Å². The summed E-state index contributed by atoms with van der Waals surface area (Å²) in [5.41, 5.74) is 0. The Kier molecular flexibility index (Phi) is 4.09. The monoisotopic (exact) mass is 243 g/mol. The average Bonchev–Trinajstić information content (AvgIpc) is 2.77. The van der Waals surface area contributed by atoms with Gasteiger partial charge in [0.2, 0.25) is 5.91 Å². The molecule has 17 heavy (non-hydrogen) atoms. The zero-order valence-corrected chi connectivity index (χ0v) is 8.45. The van der Waals surface area contributed by atoms with Crippen molar-refractivity contribution in [3.05, 3.63) is 18.6 Å². The maximum atomic E-state index is 11.0. The summed E-state index contributed by atoms with van der Waals surface area (Å²) >= 11 is 0. The number of rotatable bonds is 2. The molecule has 0 aliphatic carbocycles. The van der Waals surface area contributed by atoms with Crippen molar-refractivity contribution in [3.8, 4) is 5.75 Å². The lowest BCUT2D eigenvalue weighted by Gasteiger charge is -2.06. The molecule has 2 amide bonds. The molecule has 3 N–H and O–H groups in total. The summed E-state index contributed by atoms with van der Waals surface area (Å²) in [4.78, 5) is 30.3. The third-order valence-electron chi connectivity index (χ3n) is 1.70. The number of furan rings is 1. The molecule has 1 aliphatic heterocycles. The van der Waals surface area contributed by atoms with Crippen LogP contribution in [0.4, 0.5) is 4.79 Å². The fourth-order valence-electron chi connectivity index (χ4n) is 1.11. The Balaban J connectivity index is 0.000000317. The zero-order valence-electron chi connectivity index (χ0n) is 8.45. The van der Waals surface area contributed by atoms with Crippen LogP contribution in [0.5, 0.6) is 5.75 Å². The van der Waals surface area contributed by atoms with E-state index in [4.69, 9.17) is 24.2 Å². The average molecular weight is 243 g/mol. The van der Waals surface area contributed by atoms with Gasteiger partial charge in [0.05, 0.1) is 12.7 Å². The second kappa shape index (κ2) is 5.54. The van der Waals surface area contributed by atoms with E-state index in [0.717, 1.165) is 0 Å². The molecule has 1 aromatic heterocycles. The van der Waals surface area contributed by atoms with Crippen LogP contribution in [0.3, 0.4) is 0 Å². The third-order valence-corrected chi connectivity index (χ3v) is 1.70. The van der Waals surface area contributed by atoms with E-state index >= 15 is 0 Å². The molecular formula is C9H9NO7. The molecule has 0 radical (unpaired) electrons. The lowest BCUT2D eigenvalue weighted by atomic mass is 10.3. The van der Waals surface area contributed by atoms with Crippen molar-refractivity contribution in [1.29, 1.82) is 0 Å². The normalized spacial score (nSPS) is 18.0. The number of imide groups is 1. The molecule has 0 spiro atoms. The minimum absolute atomic E-state index is 0.0734. The Bertz CT molecular complexity index is 407. The van der Waals surface area contributed by atoms with Gasteiger partial charge in [0.1, 0.15) is 6.26 Å². The van der Waals surface area contributed by atoms with E-state index in [2.05, 4.69) is 5.32 Å². The Labute approximate surface area is 94.8 Å². The minimum atomic E-state index is -1.83. The van der Waals surface area contributed by atoms with Crippen molar-refractivity contribution in [2.45, 2.75) is 12.5 Å². The van der Waals surface area contributed by atoms with E-state index < -0.39 is 18.2 Å². The lowest BCUT2D eigenvalue weighted by molar-refractivity contribution is -0.127. The van der Waals surface area contributed by atoms with Crippen LogP contribution in [-0.4, -0.2) is 34.3 Å². The van der Waals surface area contributed by atoms with Gasteiger partial charge in [-0.3, -0.25) is 14.9 Å². The van der Waals surface area contributed by atoms with E-state index in [1.807, 2.05) is 0 Å². The lowest BCUT2D eigenvalue weighted by Crippen LogP contribution is -2.28. The van der Waals surface area contributed by atoms with Crippen LogP contribution >= 0.6 is 0 Å². The molecule has 1 atom stereocenters. The number of hydrogen-bond acceptors (Lipinski definition) is 5. The van der Waals surface area contributed by atoms with Crippen LogP contribution < -0.4 is 10.1 Å². The predicted octanol–water partition coefficient (Wildman–Crippen LogP) is 0.296. The van der Waals surface area contributed by atoms with Crippen molar-refractivity contribution in [1.82, 2.24) is 5.32 Å². The molecule has 2 rings (SSSR count). The van der Waals surface area contributed by atoms with Gasteiger partial charge in [-0.05, 0) is 0 Å². The summed E-state index contributed by atoms with van der Waals surface area (Å²) in [5, 5.41) is 16.1. The van der Waals surface area contributed by atoms with E-state index in [9.17, 15) is 9.59 Å². The van der Waals surface area contributed by atoms with Crippen molar-refractivity contribution >= 4 is 18.0 Å². The first-order valence-electron chi connectivity index (χ1n) is 4.43. The molecule has 0 saturated carbocycles. The van der Waals surface area contributed by atoms with Crippen LogP contribution in [0.1, 0.15) is 6.42 Å². The van der Waals surface area contributed by atoms with Crippen molar-refractivity contribution in [3.63, 3.8) is 0 Å². The molecule has 8 heteroatoms. The summed E-state index contributed by atoms with van der Waals surface area (Å²) in [6.45, 7) is 0. The molecule has 8 nitrogen and oxygen atoms in total. The first kappa shape index (κ1) is 12.6. The van der Waals surface area contributed by atoms with Crippen LogP contribution in [0.2, 0.25) is 0 Å². The van der Waals surface area contributed by atoms with Crippen LogP contribution in [-0.2, 0) is 9.59 Å². The molecule has 0 bridgehead atoms. The minimum Gasteiger partial charge on any atom is -0.477 e. The second-order valence-electron chi connectivity index (χ2n) is 2.96. The largest absolute Gasteiger partial charge is 0.503 e. The summed E-state index contributed by atoms with van der Waals surface area (Å²) in [6.07, 6.45) is 0.328. The van der Waals surface area contributed by atoms with Gasteiger partial charge in [-0.25, -0.2) is 4.79 Å². The first-order valence-corrected chi connectivity index (χ1v) is 4.43. The molecule has 0 aromatic carbocycles. The van der Waals surface area contributed by atoms with Gasteiger partial charge in [0, 0.05) is 6.07 Å². The molecular weight excluding hydrogens is 234 g/mol. The maximum Gasteiger partial charge on any atom is 0.503 e. The Morgan fingerprint density at radius 3 is 2.53 bits per heavy atom. The molecule has 2 heterocycles. The summed E-state index contributed by atoms with van der Waals surface area (Å²) in [7, 11) is 0. The highest BCUT2D eigenvalue weighted by Crippen LogP contribution is 2.15. The molecule has 1 aliphatic rings. The predicted molar refractivity (Wildman–Crippen MR) is 51.5 cm³/mol. The highest BCUT2D eigenvalue weighted by Gasteiger charge is 2.32. The van der Waals surface area contributed by atoms with E-state index in [1.165, 1.54) is 12.5 Å². The summed E-state index contributed by atoms with van der Waals surface area (Å²) < 4.78 is 9.92. The Morgan fingerprint density at radius 2 is 2.12 bits per heavy atom. The number of nitrogens with one attached hydrogen (secondary N) is 1. The molecule has 1 unspecified atom stereocenters. The van der Waals surface area contributed by atoms with Gasteiger partial charge in [-0.15, -0.1) is 0 Å². The van der Waals surface area contributed by atoms with E-state index in [1.54, 1.807) is 6.07 Å². The summed E-state index contributed by atoms with van der Waals surface area (Å²) in [6, 6.07) is 1.58. The fraction of sp³-hybridized carbons (Fsp3) is 0.222. The summed E-state index contributed by atoms with van der Waals surface area (Å²) in [5.74, 6) is -0.250. The van der Waals surface area contributed by atoms with Crippen molar-refractivity contribution < 1.29 is 33.8 Å². The maximum absolute atomic E-state index is 11.0. The topological polar surface area (TPSA) is 126 Å². The number of carbonyl (C=O) groups is 3. The highest BCUT2D eigenvalue weighted by molar-refractivity contribution is 6.05. The smallest absolute Gasteiger partial charge is 0.477 e. The zero-order chi connectivity index (χ0) is 12.8.